The van der Waals surface area contributed by atoms with E-state index in [4.69, 9.17) is 4.74 Å². The van der Waals surface area contributed by atoms with Crippen LogP contribution in [0, 0.1) is 11.3 Å². The molecule has 0 fully saturated rings. The topological polar surface area (TPSA) is 45.0 Å². The van der Waals surface area contributed by atoms with Crippen LogP contribution >= 0.6 is 0 Å². The first-order valence-electron chi connectivity index (χ1n) is 6.97. The SMILES string of the molecule is CCCCCCC(C)(C#N)Nc1ccc(OC)cc1. The molecule has 104 valence electrons. The second-order valence-corrected chi connectivity index (χ2v) is 5.11. The van der Waals surface area contributed by atoms with Gasteiger partial charge in [-0.05, 0) is 37.6 Å². The Bertz CT molecular complexity index is 408. The molecule has 3 nitrogen and oxygen atoms in total. The standard InChI is InChI=1S/C16H24N2O/c1-4-5-6-7-12-16(2,13-17)18-14-8-10-15(19-3)11-9-14/h8-11,18H,4-7,12H2,1-3H3. The van der Waals surface area contributed by atoms with E-state index >= 15 is 0 Å². The van der Waals surface area contributed by atoms with Crippen molar-refractivity contribution in [3.05, 3.63) is 24.3 Å². The van der Waals surface area contributed by atoms with Gasteiger partial charge in [0.15, 0.2) is 0 Å². The number of hydrogen-bond acceptors (Lipinski definition) is 3. The molecule has 0 amide bonds. The number of benzene rings is 1. The van der Waals surface area contributed by atoms with Gasteiger partial charge in [0.05, 0.1) is 13.2 Å². The number of anilines is 1. The summed E-state index contributed by atoms with van der Waals surface area (Å²) in [7, 11) is 1.65. The van der Waals surface area contributed by atoms with Gasteiger partial charge in [-0.3, -0.25) is 0 Å². The van der Waals surface area contributed by atoms with Crippen molar-refractivity contribution in [2.75, 3.05) is 12.4 Å². The largest absolute Gasteiger partial charge is 0.497 e. The molecule has 0 aliphatic rings. The van der Waals surface area contributed by atoms with Crippen LogP contribution in [0.4, 0.5) is 5.69 Å². The predicted molar refractivity (Wildman–Crippen MR) is 79.4 cm³/mol. The van der Waals surface area contributed by atoms with E-state index in [0.717, 1.165) is 24.3 Å². The number of methoxy groups -OCH3 is 1. The lowest BCUT2D eigenvalue weighted by Crippen LogP contribution is -2.32. The van der Waals surface area contributed by atoms with Crippen LogP contribution < -0.4 is 10.1 Å². The van der Waals surface area contributed by atoms with Crippen molar-refractivity contribution in [1.82, 2.24) is 0 Å². The fourth-order valence-electron chi connectivity index (χ4n) is 2.04. The molecule has 1 unspecified atom stereocenters. The van der Waals surface area contributed by atoms with Gasteiger partial charge in [0.2, 0.25) is 0 Å². The van der Waals surface area contributed by atoms with E-state index in [9.17, 15) is 5.26 Å². The summed E-state index contributed by atoms with van der Waals surface area (Å²) in [5, 5.41) is 12.7. The van der Waals surface area contributed by atoms with Gasteiger partial charge in [0.25, 0.3) is 0 Å². The summed E-state index contributed by atoms with van der Waals surface area (Å²) in [4.78, 5) is 0. The number of nitrogens with zero attached hydrogens (tertiary/aromatic N) is 1. The Morgan fingerprint density at radius 3 is 2.42 bits per heavy atom. The van der Waals surface area contributed by atoms with E-state index in [-0.39, 0.29) is 0 Å². The highest BCUT2D eigenvalue weighted by Crippen LogP contribution is 2.23. The van der Waals surface area contributed by atoms with Gasteiger partial charge in [-0.15, -0.1) is 0 Å². The van der Waals surface area contributed by atoms with Crippen molar-refractivity contribution >= 4 is 5.69 Å². The van der Waals surface area contributed by atoms with Crippen molar-refractivity contribution in [1.29, 1.82) is 5.26 Å². The van der Waals surface area contributed by atoms with Gasteiger partial charge in [0.1, 0.15) is 11.3 Å². The van der Waals surface area contributed by atoms with Crippen molar-refractivity contribution < 1.29 is 4.74 Å². The van der Waals surface area contributed by atoms with E-state index in [1.807, 2.05) is 31.2 Å². The molecule has 1 aromatic rings. The third-order valence-corrected chi connectivity index (χ3v) is 3.29. The van der Waals surface area contributed by atoms with Crippen LogP contribution in [0.2, 0.25) is 0 Å². The van der Waals surface area contributed by atoms with Gasteiger partial charge < -0.3 is 10.1 Å². The van der Waals surface area contributed by atoms with Crippen LogP contribution in [-0.2, 0) is 0 Å². The Morgan fingerprint density at radius 2 is 1.89 bits per heavy atom. The smallest absolute Gasteiger partial charge is 0.122 e. The summed E-state index contributed by atoms with van der Waals surface area (Å²) in [6.07, 6.45) is 5.61. The van der Waals surface area contributed by atoms with Crippen molar-refractivity contribution in [3.8, 4) is 11.8 Å². The fourth-order valence-corrected chi connectivity index (χ4v) is 2.04. The Balaban J connectivity index is 2.56. The van der Waals surface area contributed by atoms with Gasteiger partial charge >= 0.3 is 0 Å². The summed E-state index contributed by atoms with van der Waals surface area (Å²) in [5.41, 5.74) is 0.461. The molecule has 0 aliphatic heterocycles. The summed E-state index contributed by atoms with van der Waals surface area (Å²) >= 11 is 0. The molecular formula is C16H24N2O. The second-order valence-electron chi connectivity index (χ2n) is 5.11. The molecule has 0 saturated carbocycles. The number of rotatable bonds is 8. The lowest BCUT2D eigenvalue weighted by atomic mass is 9.95. The number of unbranched alkanes of at least 4 members (excludes halogenated alkanes) is 3. The average molecular weight is 260 g/mol. The van der Waals surface area contributed by atoms with Crippen LogP contribution in [0.3, 0.4) is 0 Å². The maximum atomic E-state index is 9.37. The van der Waals surface area contributed by atoms with Crippen molar-refractivity contribution in [3.63, 3.8) is 0 Å². The minimum atomic E-state index is -0.498. The Kier molecular flexibility index (Phi) is 6.21. The van der Waals surface area contributed by atoms with Crippen LogP contribution in [0.15, 0.2) is 24.3 Å². The molecule has 0 bridgehead atoms. The first-order valence-corrected chi connectivity index (χ1v) is 6.97. The van der Waals surface area contributed by atoms with Crippen LogP contribution in [0.5, 0.6) is 5.75 Å². The molecule has 0 spiro atoms. The molecule has 0 saturated heterocycles. The maximum absolute atomic E-state index is 9.37. The van der Waals surface area contributed by atoms with Crippen LogP contribution in [-0.4, -0.2) is 12.6 Å². The maximum Gasteiger partial charge on any atom is 0.122 e. The van der Waals surface area contributed by atoms with E-state index in [1.165, 1.54) is 19.3 Å². The Labute approximate surface area is 116 Å². The van der Waals surface area contributed by atoms with Crippen molar-refractivity contribution in [2.45, 2.75) is 51.5 Å². The first-order chi connectivity index (χ1) is 9.13. The first kappa shape index (κ1) is 15.4. The number of nitriles is 1. The Hall–Kier alpha value is -1.69. The molecule has 1 N–H and O–H groups in total. The van der Waals surface area contributed by atoms with Gasteiger partial charge in [-0.1, -0.05) is 32.6 Å². The van der Waals surface area contributed by atoms with E-state index < -0.39 is 5.54 Å². The molecule has 0 heterocycles. The van der Waals surface area contributed by atoms with Gasteiger partial charge in [-0.25, -0.2) is 0 Å². The van der Waals surface area contributed by atoms with E-state index in [1.54, 1.807) is 7.11 Å². The number of ether oxygens (including phenoxy) is 1. The van der Waals surface area contributed by atoms with Crippen molar-refractivity contribution in [2.24, 2.45) is 0 Å². The summed E-state index contributed by atoms with van der Waals surface area (Å²) in [6.45, 7) is 4.16. The van der Waals surface area contributed by atoms with E-state index in [0.29, 0.717) is 0 Å². The molecule has 0 aliphatic carbocycles. The molecule has 3 heteroatoms. The summed E-state index contributed by atoms with van der Waals surface area (Å²) in [6, 6.07) is 10.1. The fraction of sp³-hybridized carbons (Fsp3) is 0.562. The normalized spacial score (nSPS) is 13.4. The lowest BCUT2D eigenvalue weighted by Gasteiger charge is -2.24. The minimum Gasteiger partial charge on any atom is -0.497 e. The molecule has 1 aromatic carbocycles. The van der Waals surface area contributed by atoms with Crippen LogP contribution in [0.1, 0.15) is 46.0 Å². The van der Waals surface area contributed by atoms with E-state index in [2.05, 4.69) is 18.3 Å². The highest BCUT2D eigenvalue weighted by Gasteiger charge is 2.22. The summed E-state index contributed by atoms with van der Waals surface area (Å²) in [5.74, 6) is 0.826. The highest BCUT2D eigenvalue weighted by molar-refractivity contribution is 5.49. The third-order valence-electron chi connectivity index (χ3n) is 3.29. The summed E-state index contributed by atoms with van der Waals surface area (Å²) < 4.78 is 5.12. The second kappa shape index (κ2) is 7.68. The monoisotopic (exact) mass is 260 g/mol. The minimum absolute atomic E-state index is 0.498. The molecule has 1 rings (SSSR count). The zero-order valence-corrected chi connectivity index (χ0v) is 12.2. The third kappa shape index (κ3) is 5.21. The number of hydrogen-bond donors (Lipinski definition) is 1. The highest BCUT2D eigenvalue weighted by atomic mass is 16.5. The lowest BCUT2D eigenvalue weighted by molar-refractivity contribution is 0.415. The average Bonchev–Trinajstić information content (AvgIpc) is 2.44. The molecule has 1 atom stereocenters. The molecule has 0 aromatic heterocycles. The zero-order chi connectivity index (χ0) is 14.1. The predicted octanol–water partition coefficient (Wildman–Crippen LogP) is 4.36. The van der Waals surface area contributed by atoms with Gasteiger partial charge in [0, 0.05) is 5.69 Å². The quantitative estimate of drug-likeness (QED) is 0.706. The molecule has 19 heavy (non-hydrogen) atoms. The molecule has 0 radical (unpaired) electrons. The number of nitrogens with one attached hydrogen (secondary N) is 1. The molecular weight excluding hydrogens is 236 g/mol. The van der Waals surface area contributed by atoms with Crippen LogP contribution in [0.25, 0.3) is 0 Å². The Morgan fingerprint density at radius 1 is 1.21 bits per heavy atom. The zero-order valence-electron chi connectivity index (χ0n) is 12.2. The van der Waals surface area contributed by atoms with Gasteiger partial charge in [-0.2, -0.15) is 5.26 Å².